The lowest BCUT2D eigenvalue weighted by molar-refractivity contribution is -0.134. The summed E-state index contributed by atoms with van der Waals surface area (Å²) in [5, 5.41) is 3.17. The highest BCUT2D eigenvalue weighted by Gasteiger charge is 2.18. The Morgan fingerprint density at radius 1 is 1.31 bits per heavy atom. The minimum absolute atomic E-state index is 0.168. The van der Waals surface area contributed by atoms with E-state index in [1.165, 1.54) is 0 Å². The number of carbonyl (C=O) groups excluding carboxylic acids is 1. The van der Waals surface area contributed by atoms with E-state index in [0.29, 0.717) is 25.9 Å². The van der Waals surface area contributed by atoms with Crippen molar-refractivity contribution in [3.8, 4) is 0 Å². The minimum Gasteiger partial charge on any atom is -0.378 e. The lowest BCUT2D eigenvalue weighted by Gasteiger charge is -2.27. The van der Waals surface area contributed by atoms with Crippen LogP contribution in [-0.2, 0) is 14.3 Å². The standard InChI is InChI=1S/C11H20N2O3/c14-11(13-3-6-15-7-4-13)9-12-8-10-2-1-5-16-10/h10,12H,1-9H2/t10-/m0/s1. The topological polar surface area (TPSA) is 50.8 Å². The summed E-state index contributed by atoms with van der Waals surface area (Å²) >= 11 is 0. The lowest BCUT2D eigenvalue weighted by atomic mass is 10.2. The zero-order valence-electron chi connectivity index (χ0n) is 9.61. The average molecular weight is 228 g/mol. The number of hydrogen-bond acceptors (Lipinski definition) is 4. The van der Waals surface area contributed by atoms with Crippen LogP contribution in [0.4, 0.5) is 0 Å². The molecule has 0 aromatic carbocycles. The molecule has 2 aliphatic rings. The van der Waals surface area contributed by atoms with Gasteiger partial charge in [0, 0.05) is 26.2 Å². The van der Waals surface area contributed by atoms with Crippen LogP contribution in [0.15, 0.2) is 0 Å². The van der Waals surface area contributed by atoms with E-state index in [1.54, 1.807) is 0 Å². The number of nitrogens with one attached hydrogen (secondary N) is 1. The normalized spacial score (nSPS) is 26.0. The van der Waals surface area contributed by atoms with Gasteiger partial charge >= 0.3 is 0 Å². The summed E-state index contributed by atoms with van der Waals surface area (Å²) in [4.78, 5) is 13.6. The molecule has 1 N–H and O–H groups in total. The highest BCUT2D eigenvalue weighted by atomic mass is 16.5. The summed E-state index contributed by atoms with van der Waals surface area (Å²) in [6, 6.07) is 0. The van der Waals surface area contributed by atoms with E-state index in [-0.39, 0.29) is 5.91 Å². The summed E-state index contributed by atoms with van der Waals surface area (Å²) in [5.74, 6) is 0.168. The first-order valence-electron chi connectivity index (χ1n) is 6.04. The first kappa shape index (κ1) is 11.8. The number of hydrogen-bond donors (Lipinski definition) is 1. The van der Waals surface area contributed by atoms with Crippen molar-refractivity contribution >= 4 is 5.91 Å². The Hall–Kier alpha value is -0.650. The maximum Gasteiger partial charge on any atom is 0.236 e. The van der Waals surface area contributed by atoms with E-state index in [4.69, 9.17) is 9.47 Å². The van der Waals surface area contributed by atoms with Gasteiger partial charge in [0.2, 0.25) is 5.91 Å². The van der Waals surface area contributed by atoms with E-state index >= 15 is 0 Å². The molecule has 0 saturated carbocycles. The van der Waals surface area contributed by atoms with Crippen LogP contribution in [0.25, 0.3) is 0 Å². The minimum atomic E-state index is 0.168. The van der Waals surface area contributed by atoms with Crippen molar-refractivity contribution in [2.75, 3.05) is 46.0 Å². The zero-order chi connectivity index (χ0) is 11.2. The maximum absolute atomic E-state index is 11.7. The molecular weight excluding hydrogens is 208 g/mol. The van der Waals surface area contributed by atoms with Gasteiger partial charge in [-0.15, -0.1) is 0 Å². The SMILES string of the molecule is O=C(CNC[C@@H]1CCCO1)N1CCOCC1. The van der Waals surface area contributed by atoms with Gasteiger partial charge in [0.05, 0.1) is 25.9 Å². The highest BCUT2D eigenvalue weighted by Crippen LogP contribution is 2.10. The highest BCUT2D eigenvalue weighted by molar-refractivity contribution is 5.78. The molecule has 2 heterocycles. The fraction of sp³-hybridized carbons (Fsp3) is 0.909. The number of amides is 1. The Morgan fingerprint density at radius 2 is 2.12 bits per heavy atom. The molecule has 0 aromatic heterocycles. The first-order chi connectivity index (χ1) is 7.86. The summed E-state index contributed by atoms with van der Waals surface area (Å²) in [7, 11) is 0. The lowest BCUT2D eigenvalue weighted by Crippen LogP contribution is -2.45. The number of morpholine rings is 1. The van der Waals surface area contributed by atoms with Gasteiger partial charge in [0.1, 0.15) is 0 Å². The Bertz CT molecular complexity index is 223. The molecule has 0 spiro atoms. The molecule has 92 valence electrons. The van der Waals surface area contributed by atoms with Gasteiger partial charge in [-0.25, -0.2) is 0 Å². The monoisotopic (exact) mass is 228 g/mol. The van der Waals surface area contributed by atoms with Crippen molar-refractivity contribution in [1.82, 2.24) is 10.2 Å². The van der Waals surface area contributed by atoms with Crippen LogP contribution in [-0.4, -0.2) is 62.9 Å². The molecule has 0 bridgehead atoms. The van der Waals surface area contributed by atoms with Gasteiger partial charge < -0.3 is 19.7 Å². The summed E-state index contributed by atoms with van der Waals surface area (Å²) in [5.41, 5.74) is 0. The van der Waals surface area contributed by atoms with Crippen LogP contribution in [0.1, 0.15) is 12.8 Å². The fourth-order valence-electron chi connectivity index (χ4n) is 2.07. The van der Waals surface area contributed by atoms with Crippen molar-refractivity contribution in [2.24, 2.45) is 0 Å². The van der Waals surface area contributed by atoms with Gasteiger partial charge in [-0.1, -0.05) is 0 Å². The van der Waals surface area contributed by atoms with Gasteiger partial charge in [0.25, 0.3) is 0 Å². The van der Waals surface area contributed by atoms with E-state index < -0.39 is 0 Å². The molecule has 0 aliphatic carbocycles. The second kappa shape index (κ2) is 6.18. The van der Waals surface area contributed by atoms with Crippen LogP contribution >= 0.6 is 0 Å². The van der Waals surface area contributed by atoms with E-state index in [0.717, 1.165) is 39.1 Å². The molecule has 2 aliphatic heterocycles. The zero-order valence-corrected chi connectivity index (χ0v) is 9.61. The molecule has 0 unspecified atom stereocenters. The summed E-state index contributed by atoms with van der Waals surface area (Å²) in [6.45, 7) is 4.84. The van der Waals surface area contributed by atoms with Gasteiger partial charge in [-0.3, -0.25) is 4.79 Å². The molecule has 5 heteroatoms. The molecule has 2 saturated heterocycles. The Kier molecular flexibility index (Phi) is 4.56. The summed E-state index contributed by atoms with van der Waals surface area (Å²) < 4.78 is 10.7. The van der Waals surface area contributed by atoms with Crippen LogP contribution in [0, 0.1) is 0 Å². The van der Waals surface area contributed by atoms with Gasteiger partial charge in [-0.2, -0.15) is 0 Å². The van der Waals surface area contributed by atoms with Crippen LogP contribution in [0.2, 0.25) is 0 Å². The van der Waals surface area contributed by atoms with E-state index in [1.807, 2.05) is 4.90 Å². The Labute approximate surface area is 96.1 Å². The second-order valence-corrected chi connectivity index (χ2v) is 4.26. The van der Waals surface area contributed by atoms with Gasteiger partial charge in [-0.05, 0) is 12.8 Å². The quantitative estimate of drug-likeness (QED) is 0.712. The van der Waals surface area contributed by atoms with Crippen molar-refractivity contribution in [3.63, 3.8) is 0 Å². The van der Waals surface area contributed by atoms with Crippen molar-refractivity contribution in [2.45, 2.75) is 18.9 Å². The van der Waals surface area contributed by atoms with Gasteiger partial charge in [0.15, 0.2) is 0 Å². The molecular formula is C11H20N2O3. The number of rotatable bonds is 4. The number of nitrogens with zero attached hydrogens (tertiary/aromatic N) is 1. The second-order valence-electron chi connectivity index (χ2n) is 4.26. The molecule has 1 atom stereocenters. The molecule has 2 fully saturated rings. The number of ether oxygens (including phenoxy) is 2. The van der Waals surface area contributed by atoms with Crippen molar-refractivity contribution in [1.29, 1.82) is 0 Å². The van der Waals surface area contributed by atoms with Crippen molar-refractivity contribution < 1.29 is 14.3 Å². The average Bonchev–Trinajstić information content (AvgIpc) is 2.83. The third-order valence-corrected chi connectivity index (χ3v) is 3.04. The predicted octanol–water partition coefficient (Wildman–Crippen LogP) is -0.386. The molecule has 5 nitrogen and oxygen atoms in total. The van der Waals surface area contributed by atoms with Crippen LogP contribution in [0.5, 0.6) is 0 Å². The van der Waals surface area contributed by atoms with Crippen LogP contribution < -0.4 is 5.32 Å². The Morgan fingerprint density at radius 3 is 2.81 bits per heavy atom. The van der Waals surface area contributed by atoms with E-state index in [2.05, 4.69) is 5.32 Å². The molecule has 0 radical (unpaired) electrons. The Balaban J connectivity index is 1.59. The predicted molar refractivity (Wildman–Crippen MR) is 59.2 cm³/mol. The maximum atomic E-state index is 11.7. The van der Waals surface area contributed by atoms with E-state index in [9.17, 15) is 4.79 Å². The molecule has 1 amide bonds. The third kappa shape index (κ3) is 3.43. The van der Waals surface area contributed by atoms with Crippen LogP contribution in [0.3, 0.4) is 0 Å². The van der Waals surface area contributed by atoms with Crippen molar-refractivity contribution in [3.05, 3.63) is 0 Å². The number of carbonyl (C=O) groups is 1. The first-order valence-corrected chi connectivity index (χ1v) is 6.04. The third-order valence-electron chi connectivity index (χ3n) is 3.04. The molecule has 0 aromatic rings. The summed E-state index contributed by atoms with van der Waals surface area (Å²) in [6.07, 6.45) is 2.56. The fourth-order valence-corrected chi connectivity index (χ4v) is 2.07. The molecule has 16 heavy (non-hydrogen) atoms. The largest absolute Gasteiger partial charge is 0.378 e. The molecule has 2 rings (SSSR count). The smallest absolute Gasteiger partial charge is 0.236 e.